The average molecular weight is 330 g/mol. The Labute approximate surface area is 141 Å². The fraction of sp³-hybridized carbons (Fsp3) is 0.421. The summed E-state index contributed by atoms with van der Waals surface area (Å²) >= 11 is 0. The molecule has 1 aliphatic heterocycles. The third-order valence-electron chi connectivity index (χ3n) is 4.97. The topological polar surface area (TPSA) is 60.2 Å². The maximum atomic E-state index is 11.6. The Kier molecular flexibility index (Phi) is 4.90. The van der Waals surface area contributed by atoms with Crippen molar-refractivity contribution in [1.82, 2.24) is 0 Å². The van der Waals surface area contributed by atoms with Crippen LogP contribution in [-0.4, -0.2) is 38.4 Å². The second kappa shape index (κ2) is 7.09. The highest BCUT2D eigenvalue weighted by Gasteiger charge is 2.28. The number of phenols is 1. The number of esters is 1. The van der Waals surface area contributed by atoms with Crippen molar-refractivity contribution in [3.8, 4) is 11.5 Å². The highest BCUT2D eigenvalue weighted by atomic mass is 16.5. The normalized spacial score (nSPS) is 20.8. The summed E-state index contributed by atoms with van der Waals surface area (Å²) in [5.41, 5.74) is 0.943. The van der Waals surface area contributed by atoms with E-state index in [0.717, 1.165) is 54.6 Å². The number of carbonyl (C=O) groups is 1. The Morgan fingerprint density at radius 2 is 1.92 bits per heavy atom. The number of benzene rings is 2. The predicted molar refractivity (Wildman–Crippen MR) is 91.3 cm³/mol. The van der Waals surface area contributed by atoms with Crippen LogP contribution in [-0.2, 0) is 16.1 Å². The number of phenolic OH excluding ortho intramolecular Hbond substituents is 1. The van der Waals surface area contributed by atoms with Gasteiger partial charge < -0.3 is 19.5 Å². The Hall–Kier alpha value is -2.27. The molecule has 3 rings (SSSR count). The van der Waals surface area contributed by atoms with E-state index in [1.54, 1.807) is 13.2 Å². The number of rotatable bonds is 4. The molecule has 0 spiro atoms. The van der Waals surface area contributed by atoms with Gasteiger partial charge in [0.15, 0.2) is 0 Å². The predicted octanol–water partition coefficient (Wildman–Crippen LogP) is 1.52. The van der Waals surface area contributed by atoms with Gasteiger partial charge in [0.05, 0.1) is 38.8 Å². The van der Waals surface area contributed by atoms with Crippen LogP contribution in [0.25, 0.3) is 10.8 Å². The minimum absolute atomic E-state index is 0.0139. The number of hydrogen-bond acceptors (Lipinski definition) is 4. The van der Waals surface area contributed by atoms with E-state index >= 15 is 0 Å². The van der Waals surface area contributed by atoms with Crippen molar-refractivity contribution < 1.29 is 24.3 Å². The molecule has 1 saturated heterocycles. The highest BCUT2D eigenvalue weighted by Crippen LogP contribution is 2.29. The highest BCUT2D eigenvalue weighted by molar-refractivity contribution is 5.88. The first-order chi connectivity index (χ1) is 11.6. The molecule has 0 aliphatic carbocycles. The zero-order valence-corrected chi connectivity index (χ0v) is 14.2. The van der Waals surface area contributed by atoms with Gasteiger partial charge in [0.1, 0.15) is 18.0 Å². The number of piperidine rings is 1. The molecule has 5 heteroatoms. The zero-order chi connectivity index (χ0) is 17.1. The summed E-state index contributed by atoms with van der Waals surface area (Å²) in [5.74, 6) is 1.01. The van der Waals surface area contributed by atoms with Crippen molar-refractivity contribution >= 4 is 16.7 Å². The van der Waals surface area contributed by atoms with E-state index in [9.17, 15) is 9.90 Å². The second-order valence-corrected chi connectivity index (χ2v) is 6.37. The molecule has 2 aromatic carbocycles. The van der Waals surface area contributed by atoms with Crippen molar-refractivity contribution in [1.29, 1.82) is 0 Å². The van der Waals surface area contributed by atoms with E-state index in [4.69, 9.17) is 9.47 Å². The smallest absolute Gasteiger partial charge is 0.309 e. The van der Waals surface area contributed by atoms with Crippen LogP contribution in [0.15, 0.2) is 30.3 Å². The second-order valence-electron chi connectivity index (χ2n) is 6.37. The number of likely N-dealkylation sites (tertiary alicyclic amines) is 1. The van der Waals surface area contributed by atoms with Crippen LogP contribution in [0, 0.1) is 5.92 Å². The maximum absolute atomic E-state index is 11.6. The largest absolute Gasteiger partial charge is 0.507 e. The molecule has 0 aromatic heterocycles. The number of aromatic hydroxyl groups is 1. The van der Waals surface area contributed by atoms with Crippen LogP contribution < -0.4 is 9.64 Å². The molecular weight excluding hydrogens is 306 g/mol. The minimum atomic E-state index is -0.105. The van der Waals surface area contributed by atoms with Gasteiger partial charge in [0, 0.05) is 12.8 Å². The molecule has 0 bridgehead atoms. The Morgan fingerprint density at radius 1 is 1.21 bits per heavy atom. The maximum Gasteiger partial charge on any atom is 0.309 e. The van der Waals surface area contributed by atoms with Crippen molar-refractivity contribution in [2.24, 2.45) is 5.92 Å². The van der Waals surface area contributed by atoms with Crippen LogP contribution in [0.5, 0.6) is 11.5 Å². The van der Waals surface area contributed by atoms with E-state index in [0.29, 0.717) is 5.75 Å². The minimum Gasteiger partial charge on any atom is -0.507 e. The number of ether oxygens (including phenoxy) is 2. The van der Waals surface area contributed by atoms with E-state index in [-0.39, 0.29) is 11.9 Å². The molecule has 0 amide bonds. The summed E-state index contributed by atoms with van der Waals surface area (Å²) in [6.07, 6.45) is 1.66. The van der Waals surface area contributed by atoms with Gasteiger partial charge in [0.2, 0.25) is 0 Å². The molecule has 128 valence electrons. The van der Waals surface area contributed by atoms with E-state index in [1.807, 2.05) is 24.3 Å². The van der Waals surface area contributed by atoms with Gasteiger partial charge in [-0.25, -0.2) is 0 Å². The van der Waals surface area contributed by atoms with Crippen molar-refractivity contribution in [2.75, 3.05) is 27.3 Å². The lowest BCUT2D eigenvalue weighted by Gasteiger charge is -2.28. The van der Waals surface area contributed by atoms with Crippen LogP contribution >= 0.6 is 0 Å². The number of carbonyl (C=O) groups excluding carboxylic acids is 1. The summed E-state index contributed by atoms with van der Waals surface area (Å²) in [6.45, 7) is 2.54. The third kappa shape index (κ3) is 3.31. The number of quaternary nitrogens is 1. The number of methoxy groups -OCH3 is 2. The standard InChI is InChI=1S/C19H23NO4/c1-23-15-5-3-13-4-6-18(21)17(16(13)11-15)12-20-9-7-14(8-10-20)19(22)24-2/h3-6,11,14,21H,7-10,12H2,1-2H3/p+1. The van der Waals surface area contributed by atoms with Crippen molar-refractivity contribution in [3.63, 3.8) is 0 Å². The fourth-order valence-corrected chi connectivity index (χ4v) is 3.52. The molecule has 1 aliphatic rings. The zero-order valence-electron chi connectivity index (χ0n) is 14.2. The molecule has 2 aromatic rings. The van der Waals surface area contributed by atoms with Crippen LogP contribution in [0.2, 0.25) is 0 Å². The first-order valence-electron chi connectivity index (χ1n) is 8.32. The molecule has 0 radical (unpaired) electrons. The number of nitrogens with one attached hydrogen (secondary N) is 1. The van der Waals surface area contributed by atoms with Crippen LogP contribution in [0.1, 0.15) is 18.4 Å². The van der Waals surface area contributed by atoms with Crippen molar-refractivity contribution in [3.05, 3.63) is 35.9 Å². The average Bonchev–Trinajstić information content (AvgIpc) is 2.63. The van der Waals surface area contributed by atoms with E-state index in [2.05, 4.69) is 0 Å². The monoisotopic (exact) mass is 330 g/mol. The third-order valence-corrected chi connectivity index (χ3v) is 4.97. The molecular formula is C19H24NO4+. The number of hydrogen-bond donors (Lipinski definition) is 2. The first kappa shape index (κ1) is 16.6. The SMILES string of the molecule is COC(=O)C1CC[NH+](Cc2c(O)ccc3ccc(OC)cc23)CC1. The molecule has 24 heavy (non-hydrogen) atoms. The summed E-state index contributed by atoms with van der Waals surface area (Å²) in [6, 6.07) is 9.59. The molecule has 0 unspecified atom stereocenters. The molecule has 0 saturated carbocycles. The van der Waals surface area contributed by atoms with Gasteiger partial charge in [-0.05, 0) is 29.0 Å². The Morgan fingerprint density at radius 3 is 2.58 bits per heavy atom. The van der Waals surface area contributed by atoms with E-state index < -0.39 is 0 Å². The van der Waals surface area contributed by atoms with Gasteiger partial charge in [0.25, 0.3) is 0 Å². The molecule has 2 N–H and O–H groups in total. The van der Waals surface area contributed by atoms with Gasteiger partial charge in [-0.3, -0.25) is 4.79 Å². The van der Waals surface area contributed by atoms with Crippen LogP contribution in [0.4, 0.5) is 0 Å². The summed E-state index contributed by atoms with van der Waals surface area (Å²) in [7, 11) is 3.09. The molecule has 5 nitrogen and oxygen atoms in total. The van der Waals surface area contributed by atoms with Gasteiger partial charge in [-0.1, -0.05) is 12.1 Å². The summed E-state index contributed by atoms with van der Waals surface area (Å²) in [4.78, 5) is 13.0. The molecule has 1 heterocycles. The van der Waals surface area contributed by atoms with Gasteiger partial charge in [-0.2, -0.15) is 0 Å². The van der Waals surface area contributed by atoms with Gasteiger partial charge in [-0.15, -0.1) is 0 Å². The molecule has 0 atom stereocenters. The first-order valence-corrected chi connectivity index (χ1v) is 8.32. The number of fused-ring (bicyclic) bond motifs is 1. The van der Waals surface area contributed by atoms with Crippen LogP contribution in [0.3, 0.4) is 0 Å². The quantitative estimate of drug-likeness (QED) is 0.835. The Bertz CT molecular complexity index is 735. The lowest BCUT2D eigenvalue weighted by Crippen LogP contribution is -3.11. The lowest BCUT2D eigenvalue weighted by atomic mass is 9.96. The fourth-order valence-electron chi connectivity index (χ4n) is 3.52. The summed E-state index contributed by atoms with van der Waals surface area (Å²) < 4.78 is 10.2. The van der Waals surface area contributed by atoms with E-state index in [1.165, 1.54) is 12.0 Å². The Balaban J connectivity index is 1.80. The van der Waals surface area contributed by atoms with Crippen molar-refractivity contribution in [2.45, 2.75) is 19.4 Å². The summed E-state index contributed by atoms with van der Waals surface area (Å²) in [5, 5.41) is 12.5. The lowest BCUT2D eigenvalue weighted by molar-refractivity contribution is -0.919. The molecule has 1 fully saturated rings. The van der Waals surface area contributed by atoms with Gasteiger partial charge >= 0.3 is 5.97 Å².